The number of esters is 1. The second-order valence-corrected chi connectivity index (χ2v) is 22.6. The Kier molecular flexibility index (Phi) is 20.6. The molecule has 2 aliphatic heterocycles. The highest BCUT2D eigenvalue weighted by Gasteiger charge is 2.39. The van der Waals surface area contributed by atoms with Crippen LogP contribution in [0.3, 0.4) is 0 Å². The smallest absolute Gasteiger partial charge is 0.426 e. The van der Waals surface area contributed by atoms with E-state index < -0.39 is 88.1 Å². The van der Waals surface area contributed by atoms with Gasteiger partial charge < -0.3 is 54.4 Å². The van der Waals surface area contributed by atoms with E-state index in [0.29, 0.717) is 72.2 Å². The maximum Gasteiger partial charge on any atom is 0.426 e. The number of rotatable bonds is 15. The summed E-state index contributed by atoms with van der Waals surface area (Å²) in [6, 6.07) is 26.5. The molecule has 0 aliphatic carbocycles. The lowest BCUT2D eigenvalue weighted by molar-refractivity contribution is -0.156. The number of nitrogens with two attached hydrogens (primary N) is 1. The summed E-state index contributed by atoms with van der Waals surface area (Å²) in [6.07, 6.45) is -10.8. The second-order valence-electron chi connectivity index (χ2n) is 20.3. The van der Waals surface area contributed by atoms with Crippen molar-refractivity contribution in [2.45, 2.75) is 103 Å². The van der Waals surface area contributed by atoms with Crippen LogP contribution in [0.25, 0.3) is 22.3 Å². The molecule has 0 spiro atoms. The van der Waals surface area contributed by atoms with Gasteiger partial charge in [-0.1, -0.05) is 60.7 Å². The molecule has 0 unspecified atom stereocenters. The van der Waals surface area contributed by atoms with Gasteiger partial charge in [0, 0.05) is 33.0 Å². The van der Waals surface area contributed by atoms with Crippen molar-refractivity contribution in [2.75, 3.05) is 36.1 Å². The molecule has 2 aliphatic rings. The number of nitrogens with one attached hydrogen (secondary N) is 1. The van der Waals surface area contributed by atoms with Crippen LogP contribution in [0.15, 0.2) is 109 Å². The van der Waals surface area contributed by atoms with Crippen LogP contribution in [-0.4, -0.2) is 84.5 Å². The van der Waals surface area contributed by atoms with Crippen molar-refractivity contribution in [3.8, 4) is 45.3 Å². The fourth-order valence-corrected chi connectivity index (χ4v) is 10.2. The Labute approximate surface area is 482 Å². The van der Waals surface area contributed by atoms with E-state index in [2.05, 4.69) is 5.32 Å². The van der Waals surface area contributed by atoms with Gasteiger partial charge in [0.1, 0.15) is 76.4 Å². The lowest BCUT2D eigenvalue weighted by Gasteiger charge is -2.33. The number of hydrogen-bond donors (Lipinski definition) is 3. The molecule has 6 aromatic rings. The van der Waals surface area contributed by atoms with Gasteiger partial charge in [-0.15, -0.1) is 35.1 Å². The number of anilines is 2. The summed E-state index contributed by atoms with van der Waals surface area (Å²) in [6.45, 7) is 10.5. The minimum atomic E-state index is -4.52. The zero-order valence-corrected chi connectivity index (χ0v) is 47.6. The van der Waals surface area contributed by atoms with E-state index in [-0.39, 0.29) is 68.8 Å². The average molecular weight is 1210 g/mol. The van der Waals surface area contributed by atoms with Crippen LogP contribution in [0.4, 0.5) is 42.5 Å². The summed E-state index contributed by atoms with van der Waals surface area (Å²) in [5.41, 5.74) is 5.96. The van der Waals surface area contributed by atoms with Gasteiger partial charge in [0.15, 0.2) is 0 Å². The van der Waals surface area contributed by atoms with Gasteiger partial charge in [-0.05, 0) is 89.1 Å². The first-order valence-corrected chi connectivity index (χ1v) is 26.8. The number of amides is 3. The highest BCUT2D eigenvalue weighted by Crippen LogP contribution is 2.45. The normalized spacial score (nSPS) is 13.9. The monoisotopic (exact) mass is 1200 g/mol. The number of ether oxygens (including phenoxy) is 6. The van der Waals surface area contributed by atoms with E-state index in [1.54, 1.807) is 126 Å². The van der Waals surface area contributed by atoms with E-state index in [1.165, 1.54) is 34.1 Å². The van der Waals surface area contributed by atoms with Gasteiger partial charge in [0.25, 0.3) is 5.91 Å². The first kappa shape index (κ1) is 63.6. The van der Waals surface area contributed by atoms with Crippen LogP contribution in [0.2, 0.25) is 0 Å². The number of carbonyl (C=O) groups excluding carboxylic acids is 4. The van der Waals surface area contributed by atoms with E-state index in [4.69, 9.17) is 39.3 Å². The predicted octanol–water partition coefficient (Wildman–Crippen LogP) is 12.3. The molecule has 0 saturated heterocycles. The van der Waals surface area contributed by atoms with Crippen molar-refractivity contribution in [2.24, 2.45) is 5.73 Å². The number of alkyl halides is 6. The molecule has 2 aromatic heterocycles. The van der Waals surface area contributed by atoms with Crippen molar-refractivity contribution in [1.82, 2.24) is 5.32 Å². The van der Waals surface area contributed by atoms with Crippen molar-refractivity contribution in [1.29, 1.82) is 0 Å². The highest BCUT2D eigenvalue weighted by molar-refractivity contribution is 7.13. The Morgan fingerprint density at radius 2 is 1.05 bits per heavy atom. The standard InChI is InChI=1S/C33H37F3N2O7S.C24H21F3N2O5S.ClH/c1-31(2,3)44-27(39)18-24(37-30(41)45-32(4,5)6)29(40)38-14-15-42-26-16-21(12-13-25(26)38)43-19-22-17-23(20-10-8-7-9-11-20)28(46-22)33(34,35)36;25-24(26,27)22-17(14-4-2-1-3-5-14)11-16(35-22)13-34-15-6-7-19-20(10-15)33-9-8-29(19)23(32)18(28)12-21(30)31;/h7-13,16-17,24H,14-15,18-19H2,1-6H3,(H,37,41);1-7,10-11,18H,8-9,12-13,28H2,(H,30,31);1H/t24-;18-;/m11./s1. The molecule has 4 aromatic carbocycles. The Hall–Kier alpha value is -7.54. The van der Waals surface area contributed by atoms with Crippen LogP contribution in [0, 0.1) is 0 Å². The molecule has 2 atom stereocenters. The van der Waals surface area contributed by atoms with E-state index in [0.717, 1.165) is 0 Å². The summed E-state index contributed by atoms with van der Waals surface area (Å²) in [5.74, 6) is -1.71. The molecule has 0 saturated carbocycles. The predicted molar refractivity (Wildman–Crippen MR) is 298 cm³/mol. The summed E-state index contributed by atoms with van der Waals surface area (Å²) in [5, 5.41) is 11.4. The maximum absolute atomic E-state index is 13.8. The van der Waals surface area contributed by atoms with Gasteiger partial charge in [-0.2, -0.15) is 26.3 Å². The number of fused-ring (bicyclic) bond motifs is 2. The van der Waals surface area contributed by atoms with Gasteiger partial charge in [0.2, 0.25) is 5.91 Å². The Morgan fingerprint density at radius 3 is 1.45 bits per heavy atom. The lowest BCUT2D eigenvalue weighted by atomic mass is 10.1. The Morgan fingerprint density at radius 1 is 0.622 bits per heavy atom. The summed E-state index contributed by atoms with van der Waals surface area (Å²) >= 11 is 1.24. The number of halogens is 7. The van der Waals surface area contributed by atoms with Crippen LogP contribution >= 0.6 is 35.1 Å². The van der Waals surface area contributed by atoms with Gasteiger partial charge in [0.05, 0.1) is 43.3 Å². The van der Waals surface area contributed by atoms with Gasteiger partial charge in [-0.25, -0.2) is 4.79 Å². The first-order valence-electron chi connectivity index (χ1n) is 25.1. The van der Waals surface area contributed by atoms with Gasteiger partial charge in [-0.3, -0.25) is 19.2 Å². The molecule has 16 nitrogen and oxygen atoms in total. The largest absolute Gasteiger partial charge is 0.489 e. The SMILES string of the molecule is CC(C)(C)OC(=O)C[C@@H](NC(=O)OC(C)(C)C)C(=O)N1CCOc2cc(OCc3cc(-c4ccccc4)c(C(F)(F)F)s3)ccc21.Cl.N[C@H](CC(=O)O)C(=O)N1CCOc2cc(OCc3cc(-c4ccccc4)c(C(F)(F)F)s3)ccc21. The summed E-state index contributed by atoms with van der Waals surface area (Å²) in [4.78, 5) is 64.6. The third kappa shape index (κ3) is 17.2. The molecule has 3 amide bonds. The number of hydrogen-bond acceptors (Lipinski definition) is 14. The topological polar surface area (TPSA) is 205 Å². The number of carbonyl (C=O) groups is 5. The van der Waals surface area contributed by atoms with Crippen LogP contribution < -0.4 is 39.8 Å². The number of thiophene rings is 2. The molecule has 0 bridgehead atoms. The fourth-order valence-electron chi connectivity index (χ4n) is 8.32. The minimum absolute atomic E-state index is 0. The molecule has 4 N–H and O–H groups in total. The molecular weight excluding hydrogens is 1150 g/mol. The fraction of sp³-hybridized carbons (Fsp3) is 0.351. The third-order valence-corrected chi connectivity index (χ3v) is 13.9. The minimum Gasteiger partial charge on any atom is -0.489 e. The molecule has 4 heterocycles. The van der Waals surface area contributed by atoms with E-state index in [1.807, 2.05) is 0 Å². The number of alkyl carbamates (subject to hydrolysis) is 1. The second kappa shape index (κ2) is 26.6. The number of carboxylic acids is 1. The van der Waals surface area contributed by atoms with E-state index >= 15 is 0 Å². The molecule has 82 heavy (non-hydrogen) atoms. The Balaban J connectivity index is 0.000000270. The molecule has 8 rings (SSSR count). The molecule has 25 heteroatoms. The summed E-state index contributed by atoms with van der Waals surface area (Å²) < 4.78 is 116. The van der Waals surface area contributed by atoms with Crippen LogP contribution in [0.1, 0.15) is 73.9 Å². The average Bonchev–Trinajstić information content (AvgIpc) is 4.06. The lowest BCUT2D eigenvalue weighted by Crippen LogP contribution is -2.52. The molecule has 440 valence electrons. The zero-order valence-electron chi connectivity index (χ0n) is 45.1. The number of benzene rings is 4. The van der Waals surface area contributed by atoms with Crippen molar-refractivity contribution in [3.63, 3.8) is 0 Å². The van der Waals surface area contributed by atoms with Gasteiger partial charge >= 0.3 is 30.4 Å². The van der Waals surface area contributed by atoms with Crippen molar-refractivity contribution >= 4 is 76.3 Å². The van der Waals surface area contributed by atoms with Crippen molar-refractivity contribution < 1.29 is 83.8 Å². The number of nitrogens with zero attached hydrogens (tertiary/aromatic N) is 2. The first-order chi connectivity index (χ1) is 38.0. The number of carboxylic acid groups (broad SMARTS) is 1. The quantitative estimate of drug-likeness (QED) is 0.0647. The Bertz CT molecular complexity index is 3190. The third-order valence-electron chi connectivity index (χ3n) is 11.6. The van der Waals surface area contributed by atoms with E-state index in [9.17, 15) is 50.3 Å². The zero-order chi connectivity index (χ0) is 59.0. The van der Waals surface area contributed by atoms with Crippen molar-refractivity contribution in [3.05, 3.63) is 129 Å². The van der Waals surface area contributed by atoms with Crippen LogP contribution in [-0.2, 0) is 54.2 Å². The molecule has 0 fully saturated rings. The maximum atomic E-state index is 13.8. The van der Waals surface area contributed by atoms with Crippen LogP contribution in [0.5, 0.6) is 23.0 Å². The molecule has 0 radical (unpaired) electrons. The molecular formula is C57H59ClF6N4O12S2. The summed E-state index contributed by atoms with van der Waals surface area (Å²) in [7, 11) is 0. The number of aliphatic carboxylic acids is 1. The highest BCUT2D eigenvalue weighted by atomic mass is 35.5.